The van der Waals surface area contributed by atoms with Crippen LogP contribution in [0.4, 0.5) is 5.82 Å². The van der Waals surface area contributed by atoms with Crippen LogP contribution in [0, 0.1) is 0 Å². The van der Waals surface area contributed by atoms with Crippen molar-refractivity contribution in [2.75, 3.05) is 12.3 Å². The van der Waals surface area contributed by atoms with E-state index >= 15 is 0 Å². The van der Waals surface area contributed by atoms with Gasteiger partial charge in [0.25, 0.3) is 0 Å². The molecule has 0 aliphatic carbocycles. The molecule has 0 bridgehead atoms. The van der Waals surface area contributed by atoms with E-state index in [1.807, 2.05) is 12.1 Å². The lowest BCUT2D eigenvalue weighted by molar-refractivity contribution is 0.111. The van der Waals surface area contributed by atoms with Crippen molar-refractivity contribution in [3.8, 4) is 11.3 Å². The lowest BCUT2D eigenvalue weighted by Crippen LogP contribution is -2.10. The molecule has 3 N–H and O–H groups in total. The number of rotatable bonds is 1. The summed E-state index contributed by atoms with van der Waals surface area (Å²) in [6, 6.07) is 8.11. The van der Waals surface area contributed by atoms with Crippen molar-refractivity contribution in [3.05, 3.63) is 35.4 Å². The molecule has 82 valence electrons. The molecule has 1 aliphatic rings. The Morgan fingerprint density at radius 2 is 2.31 bits per heavy atom. The van der Waals surface area contributed by atoms with Crippen LogP contribution in [0.1, 0.15) is 11.1 Å². The Morgan fingerprint density at radius 1 is 1.38 bits per heavy atom. The summed E-state index contributed by atoms with van der Waals surface area (Å²) < 4.78 is 5.44. The zero-order chi connectivity index (χ0) is 11.0. The number of fused-ring (bicyclic) bond motifs is 1. The van der Waals surface area contributed by atoms with E-state index in [2.05, 4.69) is 22.3 Å². The number of nitrogens with one attached hydrogen (secondary N) is 1. The van der Waals surface area contributed by atoms with Crippen LogP contribution in [0.15, 0.2) is 24.3 Å². The summed E-state index contributed by atoms with van der Waals surface area (Å²) in [5.41, 5.74) is 10.4. The highest BCUT2D eigenvalue weighted by molar-refractivity contribution is 5.67. The minimum absolute atomic E-state index is 0.527. The highest BCUT2D eigenvalue weighted by Gasteiger charge is 2.15. The van der Waals surface area contributed by atoms with Crippen molar-refractivity contribution >= 4 is 5.82 Å². The van der Waals surface area contributed by atoms with Gasteiger partial charge in [0.05, 0.1) is 18.9 Å². The van der Waals surface area contributed by atoms with Gasteiger partial charge in [0, 0.05) is 11.6 Å². The lowest BCUT2D eigenvalue weighted by atomic mass is 9.95. The van der Waals surface area contributed by atoms with Crippen molar-refractivity contribution < 1.29 is 4.74 Å². The number of nitrogens with two attached hydrogens (primary N) is 1. The Balaban J connectivity index is 2.13. The van der Waals surface area contributed by atoms with E-state index in [9.17, 15) is 0 Å². The van der Waals surface area contributed by atoms with Crippen molar-refractivity contribution in [2.24, 2.45) is 0 Å². The smallest absolute Gasteiger partial charge is 0.145 e. The number of aromatic nitrogens is 2. The molecule has 4 heteroatoms. The first-order valence-corrected chi connectivity index (χ1v) is 5.34. The average Bonchev–Trinajstić information content (AvgIpc) is 2.75. The van der Waals surface area contributed by atoms with E-state index in [4.69, 9.17) is 10.5 Å². The minimum atomic E-state index is 0.527. The van der Waals surface area contributed by atoms with Gasteiger partial charge in [-0.2, -0.15) is 5.10 Å². The number of hydrogen-bond acceptors (Lipinski definition) is 3. The molecule has 1 aliphatic heterocycles. The van der Waals surface area contributed by atoms with E-state index in [0.717, 1.165) is 18.7 Å². The second-order valence-corrected chi connectivity index (χ2v) is 3.95. The molecule has 16 heavy (non-hydrogen) atoms. The Morgan fingerprint density at radius 3 is 3.12 bits per heavy atom. The van der Waals surface area contributed by atoms with Crippen LogP contribution in [0.3, 0.4) is 0 Å². The fourth-order valence-corrected chi connectivity index (χ4v) is 2.15. The molecule has 0 spiro atoms. The number of nitrogen functional groups attached to an aromatic ring is 1. The number of aromatic amines is 1. The molecule has 0 atom stereocenters. The van der Waals surface area contributed by atoms with E-state index in [1.54, 1.807) is 0 Å². The maximum absolute atomic E-state index is 5.62. The summed E-state index contributed by atoms with van der Waals surface area (Å²) >= 11 is 0. The fraction of sp³-hybridized carbons (Fsp3) is 0.250. The third-order valence-corrected chi connectivity index (χ3v) is 2.91. The SMILES string of the molecule is Nc1cc(-c2cccc3c2CCOC3)[nH]n1. The van der Waals surface area contributed by atoms with Crippen LogP contribution < -0.4 is 5.73 Å². The van der Waals surface area contributed by atoms with Gasteiger partial charge in [-0.3, -0.25) is 5.10 Å². The van der Waals surface area contributed by atoms with Gasteiger partial charge in [0.15, 0.2) is 0 Å². The highest BCUT2D eigenvalue weighted by Crippen LogP contribution is 2.28. The second kappa shape index (κ2) is 3.64. The van der Waals surface area contributed by atoms with Crippen molar-refractivity contribution in [1.29, 1.82) is 0 Å². The molecule has 4 nitrogen and oxygen atoms in total. The molecule has 1 aromatic carbocycles. The van der Waals surface area contributed by atoms with Gasteiger partial charge in [-0.1, -0.05) is 18.2 Å². The van der Waals surface area contributed by atoms with Gasteiger partial charge in [-0.25, -0.2) is 0 Å². The van der Waals surface area contributed by atoms with Crippen LogP contribution in [-0.4, -0.2) is 16.8 Å². The summed E-state index contributed by atoms with van der Waals surface area (Å²) in [4.78, 5) is 0. The Hall–Kier alpha value is -1.81. The number of ether oxygens (including phenoxy) is 1. The zero-order valence-corrected chi connectivity index (χ0v) is 8.86. The molecule has 2 aromatic rings. The molecule has 0 radical (unpaired) electrons. The van der Waals surface area contributed by atoms with Crippen LogP contribution in [0.25, 0.3) is 11.3 Å². The third kappa shape index (κ3) is 1.47. The third-order valence-electron chi connectivity index (χ3n) is 2.91. The highest BCUT2D eigenvalue weighted by atomic mass is 16.5. The topological polar surface area (TPSA) is 63.9 Å². The first-order chi connectivity index (χ1) is 7.84. The fourth-order valence-electron chi connectivity index (χ4n) is 2.15. The maximum atomic E-state index is 5.62. The summed E-state index contributed by atoms with van der Waals surface area (Å²) in [7, 11) is 0. The first-order valence-electron chi connectivity index (χ1n) is 5.34. The monoisotopic (exact) mass is 215 g/mol. The zero-order valence-electron chi connectivity index (χ0n) is 8.86. The molecule has 2 heterocycles. The maximum Gasteiger partial charge on any atom is 0.145 e. The van der Waals surface area contributed by atoms with Crippen molar-refractivity contribution in [1.82, 2.24) is 10.2 Å². The minimum Gasteiger partial charge on any atom is -0.382 e. The molecule has 1 aromatic heterocycles. The quantitative estimate of drug-likeness (QED) is 0.761. The Kier molecular flexibility index (Phi) is 2.15. The number of H-pyrrole nitrogens is 1. The summed E-state index contributed by atoms with van der Waals surface area (Å²) in [6.45, 7) is 1.49. The van der Waals surface area contributed by atoms with Gasteiger partial charge in [0.2, 0.25) is 0 Å². The van der Waals surface area contributed by atoms with Crippen LogP contribution in [0.5, 0.6) is 0 Å². The predicted molar refractivity (Wildman–Crippen MR) is 61.8 cm³/mol. The molecular weight excluding hydrogens is 202 g/mol. The number of hydrogen-bond donors (Lipinski definition) is 2. The number of anilines is 1. The van der Waals surface area contributed by atoms with E-state index in [1.165, 1.54) is 16.7 Å². The second-order valence-electron chi connectivity index (χ2n) is 3.95. The van der Waals surface area contributed by atoms with Crippen molar-refractivity contribution in [2.45, 2.75) is 13.0 Å². The van der Waals surface area contributed by atoms with Gasteiger partial charge < -0.3 is 10.5 Å². The van der Waals surface area contributed by atoms with Gasteiger partial charge in [-0.05, 0) is 17.5 Å². The van der Waals surface area contributed by atoms with Gasteiger partial charge >= 0.3 is 0 Å². The summed E-state index contributed by atoms with van der Waals surface area (Å²) in [6.07, 6.45) is 0.949. The van der Waals surface area contributed by atoms with Crippen LogP contribution in [-0.2, 0) is 17.8 Å². The normalized spacial score (nSPS) is 14.8. The largest absolute Gasteiger partial charge is 0.382 e. The molecule has 0 unspecified atom stereocenters. The van der Waals surface area contributed by atoms with Crippen LogP contribution in [0.2, 0.25) is 0 Å². The molecular formula is C12H13N3O. The molecule has 0 saturated carbocycles. The number of benzene rings is 1. The molecule has 3 rings (SSSR count). The predicted octanol–water partition coefficient (Wildman–Crippen LogP) is 1.73. The van der Waals surface area contributed by atoms with E-state index in [-0.39, 0.29) is 0 Å². The molecule has 0 amide bonds. The summed E-state index contributed by atoms with van der Waals surface area (Å²) in [5.74, 6) is 0.527. The van der Waals surface area contributed by atoms with Crippen LogP contribution >= 0.6 is 0 Å². The Bertz CT molecular complexity index is 519. The van der Waals surface area contributed by atoms with E-state index in [0.29, 0.717) is 12.4 Å². The molecule has 0 fully saturated rings. The number of nitrogens with zero attached hydrogens (tertiary/aromatic N) is 1. The summed E-state index contributed by atoms with van der Waals surface area (Å²) in [5, 5.41) is 6.92. The van der Waals surface area contributed by atoms with Gasteiger partial charge in [0.1, 0.15) is 5.82 Å². The van der Waals surface area contributed by atoms with Gasteiger partial charge in [-0.15, -0.1) is 0 Å². The first kappa shape index (κ1) is 9.42. The van der Waals surface area contributed by atoms with Crippen molar-refractivity contribution in [3.63, 3.8) is 0 Å². The van der Waals surface area contributed by atoms with E-state index < -0.39 is 0 Å². The standard InChI is InChI=1S/C12H13N3O/c13-12-6-11(14-15-12)10-3-1-2-8-7-16-5-4-9(8)10/h1-3,6H,4-5,7H2,(H3,13,14,15). The Labute approximate surface area is 93.4 Å². The average molecular weight is 215 g/mol. The molecule has 0 saturated heterocycles. The lowest BCUT2D eigenvalue weighted by Gasteiger charge is -2.18.